The lowest BCUT2D eigenvalue weighted by Crippen LogP contribution is -2.44. The number of hydrogen-bond donors (Lipinski definition) is 1. The molecule has 0 rings (SSSR count). The highest BCUT2D eigenvalue weighted by Crippen LogP contribution is 1.96. The molecule has 78 valence electrons. The van der Waals surface area contributed by atoms with E-state index in [1.54, 1.807) is 7.11 Å². The number of nitrogens with zero attached hydrogens (tertiary/aromatic N) is 1. The van der Waals surface area contributed by atoms with Crippen LogP contribution in [0.5, 0.6) is 0 Å². The zero-order chi connectivity index (χ0) is 10.3. The summed E-state index contributed by atoms with van der Waals surface area (Å²) >= 11 is 5.19. The largest absolute Gasteiger partial charge is 0.383 e. The molecule has 13 heavy (non-hydrogen) atoms. The van der Waals surface area contributed by atoms with Crippen molar-refractivity contribution in [3.8, 4) is 0 Å². The summed E-state index contributed by atoms with van der Waals surface area (Å²) in [4.78, 5) is 2.02. The highest BCUT2D eigenvalue weighted by atomic mass is 32.1. The molecule has 0 bridgehead atoms. The van der Waals surface area contributed by atoms with Gasteiger partial charge in [0.25, 0.3) is 0 Å². The van der Waals surface area contributed by atoms with Gasteiger partial charge in [-0.2, -0.15) is 0 Å². The van der Waals surface area contributed by atoms with Crippen LogP contribution in [0.2, 0.25) is 0 Å². The number of thiocarbonyl (C=S) groups is 1. The van der Waals surface area contributed by atoms with E-state index in [0.29, 0.717) is 12.6 Å². The molecule has 0 saturated carbocycles. The molecule has 0 spiro atoms. The average Bonchev–Trinajstić information content (AvgIpc) is 2.13. The van der Waals surface area contributed by atoms with Gasteiger partial charge in [-0.05, 0) is 25.6 Å². The average molecular weight is 204 g/mol. The number of nitrogens with one attached hydrogen (secondary N) is 1. The van der Waals surface area contributed by atoms with Crippen LogP contribution in [0, 0.1) is 0 Å². The number of hydrogen-bond acceptors (Lipinski definition) is 2. The Morgan fingerprint density at radius 2 is 2.23 bits per heavy atom. The molecular weight excluding hydrogens is 184 g/mol. The van der Waals surface area contributed by atoms with Crippen molar-refractivity contribution in [3.05, 3.63) is 0 Å². The molecule has 0 aromatic carbocycles. The third-order valence-electron chi connectivity index (χ3n) is 1.92. The summed E-state index contributed by atoms with van der Waals surface area (Å²) in [6.07, 6.45) is 1.09. The summed E-state index contributed by atoms with van der Waals surface area (Å²) in [6, 6.07) is 0.321. The predicted molar refractivity (Wildman–Crippen MR) is 60.0 cm³/mol. The van der Waals surface area contributed by atoms with Crippen molar-refractivity contribution >= 4 is 17.3 Å². The molecule has 1 N–H and O–H groups in total. The van der Waals surface area contributed by atoms with E-state index in [1.165, 1.54) is 0 Å². The molecule has 0 radical (unpaired) electrons. The highest BCUT2D eigenvalue weighted by molar-refractivity contribution is 7.80. The quantitative estimate of drug-likeness (QED) is 0.681. The smallest absolute Gasteiger partial charge is 0.168 e. The van der Waals surface area contributed by atoms with Gasteiger partial charge in [-0.1, -0.05) is 6.92 Å². The second-order valence-corrected chi connectivity index (χ2v) is 3.53. The van der Waals surface area contributed by atoms with Gasteiger partial charge in [-0.3, -0.25) is 0 Å². The van der Waals surface area contributed by atoms with Crippen molar-refractivity contribution in [1.29, 1.82) is 0 Å². The lowest BCUT2D eigenvalue weighted by molar-refractivity contribution is 0.145. The van der Waals surface area contributed by atoms with Gasteiger partial charge in [0, 0.05) is 20.7 Å². The monoisotopic (exact) mass is 204 g/mol. The topological polar surface area (TPSA) is 24.5 Å². The van der Waals surface area contributed by atoms with E-state index in [9.17, 15) is 0 Å². The molecule has 0 aromatic rings. The summed E-state index contributed by atoms with van der Waals surface area (Å²) in [5.74, 6) is 0. The summed E-state index contributed by atoms with van der Waals surface area (Å²) in [6.45, 7) is 5.84. The Morgan fingerprint density at radius 1 is 1.62 bits per heavy atom. The fraction of sp³-hybridized carbons (Fsp3) is 0.889. The van der Waals surface area contributed by atoms with Gasteiger partial charge >= 0.3 is 0 Å². The second-order valence-electron chi connectivity index (χ2n) is 3.15. The Bertz CT molecular complexity index is 153. The third-order valence-corrected chi connectivity index (χ3v) is 2.35. The number of rotatable bonds is 5. The van der Waals surface area contributed by atoms with Gasteiger partial charge in [0.2, 0.25) is 0 Å². The van der Waals surface area contributed by atoms with Gasteiger partial charge in [0.1, 0.15) is 0 Å². The summed E-state index contributed by atoms with van der Waals surface area (Å²) in [5, 5.41) is 3.97. The van der Waals surface area contributed by atoms with E-state index in [-0.39, 0.29) is 0 Å². The molecule has 3 nitrogen and oxygen atoms in total. The van der Waals surface area contributed by atoms with E-state index >= 15 is 0 Å². The first-order chi connectivity index (χ1) is 6.13. The van der Waals surface area contributed by atoms with E-state index < -0.39 is 0 Å². The summed E-state index contributed by atoms with van der Waals surface area (Å²) in [5.41, 5.74) is 0. The first-order valence-corrected chi connectivity index (χ1v) is 5.03. The van der Waals surface area contributed by atoms with Crippen molar-refractivity contribution in [2.75, 3.05) is 27.3 Å². The van der Waals surface area contributed by atoms with E-state index in [4.69, 9.17) is 17.0 Å². The minimum atomic E-state index is 0.321. The lowest BCUT2D eigenvalue weighted by atomic mass is 10.3. The van der Waals surface area contributed by atoms with Crippen molar-refractivity contribution in [2.24, 2.45) is 0 Å². The Balaban J connectivity index is 3.79. The molecule has 0 aliphatic rings. The zero-order valence-corrected chi connectivity index (χ0v) is 9.78. The molecule has 1 unspecified atom stereocenters. The Kier molecular flexibility index (Phi) is 6.90. The van der Waals surface area contributed by atoms with Crippen molar-refractivity contribution in [2.45, 2.75) is 26.3 Å². The molecule has 1 atom stereocenters. The summed E-state index contributed by atoms with van der Waals surface area (Å²) in [7, 11) is 3.68. The fourth-order valence-corrected chi connectivity index (χ4v) is 1.19. The molecule has 0 aromatic heterocycles. The Hall–Kier alpha value is -0.350. The molecular formula is C9H20N2OS. The zero-order valence-electron chi connectivity index (χ0n) is 8.96. The second kappa shape index (κ2) is 7.09. The van der Waals surface area contributed by atoms with Crippen LogP contribution >= 0.6 is 12.2 Å². The van der Waals surface area contributed by atoms with Crippen LogP contribution in [-0.2, 0) is 4.74 Å². The molecule has 0 fully saturated rings. The molecule has 0 aliphatic heterocycles. The fourth-order valence-electron chi connectivity index (χ4n) is 0.910. The minimum absolute atomic E-state index is 0.321. The minimum Gasteiger partial charge on any atom is -0.383 e. The summed E-state index contributed by atoms with van der Waals surface area (Å²) < 4.78 is 5.05. The van der Waals surface area contributed by atoms with E-state index in [1.807, 2.05) is 11.9 Å². The first kappa shape index (κ1) is 12.7. The first-order valence-electron chi connectivity index (χ1n) is 4.63. The standard InChI is InChI=1S/C9H20N2OS/c1-5-6-10-9(13)11(3)8(2)7-12-4/h8H,5-7H2,1-4H3,(H,10,13). The van der Waals surface area contributed by atoms with E-state index in [2.05, 4.69) is 19.2 Å². The Labute approximate surface area is 86.4 Å². The van der Waals surface area contributed by atoms with Crippen LogP contribution in [0.4, 0.5) is 0 Å². The van der Waals surface area contributed by atoms with Crippen LogP contribution in [0.3, 0.4) is 0 Å². The maximum atomic E-state index is 5.19. The number of methoxy groups -OCH3 is 1. The highest BCUT2D eigenvalue weighted by Gasteiger charge is 2.10. The maximum absolute atomic E-state index is 5.19. The van der Waals surface area contributed by atoms with Gasteiger partial charge in [0.05, 0.1) is 12.6 Å². The Morgan fingerprint density at radius 3 is 2.69 bits per heavy atom. The van der Waals surface area contributed by atoms with Gasteiger partial charge in [-0.15, -0.1) is 0 Å². The van der Waals surface area contributed by atoms with Gasteiger partial charge in [0.15, 0.2) is 5.11 Å². The number of likely N-dealkylation sites (N-methyl/N-ethyl adjacent to an activating group) is 1. The van der Waals surface area contributed by atoms with E-state index in [0.717, 1.165) is 18.1 Å². The SMILES string of the molecule is CCCNC(=S)N(C)C(C)COC. The van der Waals surface area contributed by atoms with Crippen molar-refractivity contribution in [1.82, 2.24) is 10.2 Å². The lowest BCUT2D eigenvalue weighted by Gasteiger charge is -2.27. The van der Waals surface area contributed by atoms with Gasteiger partial charge < -0.3 is 15.0 Å². The van der Waals surface area contributed by atoms with Crippen LogP contribution in [0.15, 0.2) is 0 Å². The van der Waals surface area contributed by atoms with Crippen LogP contribution in [-0.4, -0.2) is 43.4 Å². The molecule has 0 saturated heterocycles. The normalized spacial score (nSPS) is 12.3. The van der Waals surface area contributed by atoms with Crippen LogP contribution < -0.4 is 5.32 Å². The maximum Gasteiger partial charge on any atom is 0.168 e. The molecule has 0 amide bonds. The van der Waals surface area contributed by atoms with Crippen LogP contribution in [0.25, 0.3) is 0 Å². The molecule has 0 heterocycles. The van der Waals surface area contributed by atoms with Crippen LogP contribution in [0.1, 0.15) is 20.3 Å². The van der Waals surface area contributed by atoms with Crippen molar-refractivity contribution in [3.63, 3.8) is 0 Å². The molecule has 4 heteroatoms. The van der Waals surface area contributed by atoms with Gasteiger partial charge in [-0.25, -0.2) is 0 Å². The predicted octanol–water partition coefficient (Wildman–Crippen LogP) is 1.24. The molecule has 0 aliphatic carbocycles. The van der Waals surface area contributed by atoms with Crippen molar-refractivity contribution < 1.29 is 4.74 Å². The third kappa shape index (κ3) is 5.05. The number of ether oxygens (including phenoxy) is 1.